The first-order valence-electron chi connectivity index (χ1n) is 9.20. The summed E-state index contributed by atoms with van der Waals surface area (Å²) >= 11 is 0. The Morgan fingerprint density at radius 3 is 2.35 bits per heavy atom. The van der Waals surface area contributed by atoms with E-state index in [1.165, 1.54) is 12.1 Å². The molecule has 1 heterocycles. The predicted molar refractivity (Wildman–Crippen MR) is 122 cm³/mol. The normalized spacial score (nSPS) is 12.9. The summed E-state index contributed by atoms with van der Waals surface area (Å²) in [5.41, 5.74) is 9.20. The van der Waals surface area contributed by atoms with E-state index in [2.05, 4.69) is 15.0 Å². The molecule has 0 aromatic heterocycles. The van der Waals surface area contributed by atoms with Crippen molar-refractivity contribution >= 4 is 45.1 Å². The Labute approximate surface area is 178 Å². The molecule has 3 aromatic carbocycles. The van der Waals surface area contributed by atoms with E-state index in [0.717, 1.165) is 0 Å². The Kier molecular flexibility index (Phi) is 5.22. The van der Waals surface area contributed by atoms with Gasteiger partial charge in [-0.15, -0.1) is 0 Å². The highest BCUT2D eigenvalue weighted by molar-refractivity contribution is 7.89. The maximum absolute atomic E-state index is 12.8. The zero-order chi connectivity index (χ0) is 22.0. The van der Waals surface area contributed by atoms with Crippen molar-refractivity contribution in [3.8, 4) is 0 Å². The van der Waals surface area contributed by atoms with Crippen molar-refractivity contribution in [3.05, 3.63) is 89.5 Å². The fourth-order valence-electron chi connectivity index (χ4n) is 3.01. The topological polar surface area (TPSA) is 142 Å². The van der Waals surface area contributed by atoms with Crippen LogP contribution in [0.15, 0.2) is 82.7 Å². The molecular weight excluding hydrogens is 414 g/mol. The minimum Gasteiger partial charge on any atom is -0.398 e. The third kappa shape index (κ3) is 4.44. The van der Waals surface area contributed by atoms with Gasteiger partial charge in [-0.1, -0.05) is 35.3 Å². The average molecular weight is 432 g/mol. The molecule has 9 heteroatoms. The number of rotatable bonds is 5. The van der Waals surface area contributed by atoms with Crippen molar-refractivity contribution in [3.63, 3.8) is 0 Å². The quantitative estimate of drug-likeness (QED) is 0.319. The van der Waals surface area contributed by atoms with Crippen LogP contribution < -0.4 is 20.9 Å². The van der Waals surface area contributed by atoms with Gasteiger partial charge in [-0.2, -0.15) is 0 Å². The van der Waals surface area contributed by atoms with Crippen LogP contribution in [0.4, 0.5) is 11.4 Å². The van der Waals surface area contributed by atoms with Crippen LogP contribution in [0.1, 0.15) is 21.5 Å². The van der Waals surface area contributed by atoms with Gasteiger partial charge in [0.1, 0.15) is 5.69 Å². The minimum atomic E-state index is -3.76. The van der Waals surface area contributed by atoms with Crippen LogP contribution in [0.25, 0.3) is 0 Å². The Morgan fingerprint density at radius 1 is 0.968 bits per heavy atom. The number of hydrogen-bond donors (Lipinski definition) is 3. The monoisotopic (exact) mass is 432 g/mol. The minimum absolute atomic E-state index is 0.0136. The molecule has 0 aliphatic carbocycles. The third-order valence-corrected chi connectivity index (χ3v) is 5.53. The molecule has 0 unspecified atom stereocenters. The lowest BCUT2D eigenvalue weighted by Crippen LogP contribution is -2.13. The highest BCUT2D eigenvalue weighted by Gasteiger charge is 2.22. The number of aliphatic imine (C=N–C) groups is 1. The molecule has 31 heavy (non-hydrogen) atoms. The van der Waals surface area contributed by atoms with E-state index in [1.54, 1.807) is 60.8 Å². The first kappa shape index (κ1) is 20.2. The van der Waals surface area contributed by atoms with Gasteiger partial charge in [0.15, 0.2) is 11.5 Å². The standard InChI is InChI=1S/C22H17N5O3S/c23-19-11-6-15(12-18(19)21(28)14-4-2-1-3-5-14)20-13-25-22(27-20)26-16-7-9-17(10-8-16)31(24,29)30/h1-13H,(H4,23,24,26,27,28,29,30)/p+1. The van der Waals surface area contributed by atoms with Crippen molar-refractivity contribution in [2.75, 3.05) is 11.1 Å². The number of anilines is 2. The molecule has 1 aliphatic heterocycles. The Morgan fingerprint density at radius 2 is 1.68 bits per heavy atom. The van der Waals surface area contributed by atoms with E-state index in [9.17, 15) is 13.2 Å². The summed E-state index contributed by atoms with van der Waals surface area (Å²) in [6.45, 7) is 0. The second-order valence-corrected chi connectivity index (χ2v) is 8.33. The number of guanidine groups is 1. The fraction of sp³-hybridized carbons (Fsp3) is 0. The molecule has 0 spiro atoms. The Bertz CT molecular complexity index is 1370. The maximum Gasteiger partial charge on any atom is 0.485 e. The third-order valence-electron chi connectivity index (χ3n) is 4.60. The summed E-state index contributed by atoms with van der Waals surface area (Å²) in [6.07, 6.45) is 1.57. The summed E-state index contributed by atoms with van der Waals surface area (Å²) in [4.78, 5) is 17.3. The Hall–Kier alpha value is -4.04. The molecule has 0 amide bonds. The first-order valence-corrected chi connectivity index (χ1v) is 10.8. The van der Waals surface area contributed by atoms with Gasteiger partial charge < -0.3 is 5.73 Å². The number of hydrogen-bond acceptors (Lipinski definition) is 6. The van der Waals surface area contributed by atoms with E-state index in [0.29, 0.717) is 39.7 Å². The summed E-state index contributed by atoms with van der Waals surface area (Å²) in [7, 11) is -3.76. The second-order valence-electron chi connectivity index (χ2n) is 6.77. The number of carbonyl (C=O) groups is 1. The van der Waals surface area contributed by atoms with Gasteiger partial charge in [0.05, 0.1) is 4.90 Å². The number of ketones is 1. The fourth-order valence-corrected chi connectivity index (χ4v) is 3.52. The van der Waals surface area contributed by atoms with E-state index in [1.807, 2.05) is 6.07 Å². The van der Waals surface area contributed by atoms with Crippen LogP contribution in [0.2, 0.25) is 0 Å². The predicted octanol–water partition coefficient (Wildman–Crippen LogP) is 1.56. The van der Waals surface area contributed by atoms with Crippen molar-refractivity contribution < 1.29 is 13.2 Å². The molecule has 1 aliphatic rings. The molecule has 4 rings (SSSR count). The maximum atomic E-state index is 12.8. The highest BCUT2D eigenvalue weighted by Crippen LogP contribution is 2.20. The number of carbonyl (C=O) groups excluding carboxylic acids is 1. The van der Waals surface area contributed by atoms with Crippen LogP contribution in [-0.4, -0.2) is 32.1 Å². The van der Waals surface area contributed by atoms with E-state index < -0.39 is 10.0 Å². The summed E-state index contributed by atoms with van der Waals surface area (Å²) in [5.74, 6) is 0.152. The van der Waals surface area contributed by atoms with Gasteiger partial charge in [0, 0.05) is 22.4 Å². The molecule has 3 aromatic rings. The average Bonchev–Trinajstić information content (AvgIpc) is 3.22. The number of nitrogens with one attached hydrogen (secondary N) is 1. The molecule has 154 valence electrons. The van der Waals surface area contributed by atoms with Gasteiger partial charge in [0.25, 0.3) is 0 Å². The van der Waals surface area contributed by atoms with Gasteiger partial charge >= 0.3 is 5.96 Å². The molecule has 5 N–H and O–H groups in total. The zero-order valence-electron chi connectivity index (χ0n) is 16.2. The molecule has 0 saturated carbocycles. The van der Waals surface area contributed by atoms with Gasteiger partial charge in [-0.25, -0.2) is 23.5 Å². The number of nitrogens with two attached hydrogens (primary N) is 2. The first-order chi connectivity index (χ1) is 14.8. The lowest BCUT2D eigenvalue weighted by atomic mass is 9.98. The van der Waals surface area contributed by atoms with Crippen molar-refractivity contribution in [1.29, 1.82) is 0 Å². The number of nitrogen functional groups attached to an aromatic ring is 1. The zero-order valence-corrected chi connectivity index (χ0v) is 17.0. The number of nitrogens with zero attached hydrogens (tertiary/aromatic N) is 2. The van der Waals surface area contributed by atoms with Crippen LogP contribution in [0.3, 0.4) is 0 Å². The van der Waals surface area contributed by atoms with Crippen LogP contribution in [-0.2, 0) is 10.0 Å². The molecule has 0 atom stereocenters. The second kappa shape index (κ2) is 8.00. The van der Waals surface area contributed by atoms with E-state index in [4.69, 9.17) is 10.9 Å². The number of sulfonamides is 1. The van der Waals surface area contributed by atoms with Gasteiger partial charge in [0.2, 0.25) is 16.2 Å². The van der Waals surface area contributed by atoms with Crippen LogP contribution >= 0.6 is 0 Å². The number of primary sulfonamides is 1. The summed E-state index contributed by atoms with van der Waals surface area (Å²) in [6, 6.07) is 19.9. The van der Waals surface area contributed by atoms with Crippen molar-refractivity contribution in [2.45, 2.75) is 4.90 Å². The largest absolute Gasteiger partial charge is 0.485 e. The molecule has 0 saturated heterocycles. The van der Waals surface area contributed by atoms with Gasteiger partial charge in [-0.3, -0.25) is 4.79 Å². The smallest absolute Gasteiger partial charge is 0.398 e. The van der Waals surface area contributed by atoms with Crippen molar-refractivity contribution in [2.24, 2.45) is 10.1 Å². The molecule has 0 radical (unpaired) electrons. The lowest BCUT2D eigenvalue weighted by Gasteiger charge is -2.06. The van der Waals surface area contributed by atoms with Crippen LogP contribution in [0, 0.1) is 0 Å². The Balaban J connectivity index is 1.55. The van der Waals surface area contributed by atoms with Crippen LogP contribution in [0.5, 0.6) is 0 Å². The molecule has 0 bridgehead atoms. The molecule has 0 fully saturated rings. The lowest BCUT2D eigenvalue weighted by molar-refractivity contribution is 0.103. The highest BCUT2D eigenvalue weighted by atomic mass is 32.2. The molecular formula is C22H18N5O3S+. The number of benzene rings is 3. The van der Waals surface area contributed by atoms with E-state index >= 15 is 0 Å². The SMILES string of the molecule is Nc1ccc(C2=NC(Nc3ccc(S(N)(=O)=O)cc3)=[N+]=C2)cc1C(=O)c1ccccc1. The van der Waals surface area contributed by atoms with Crippen molar-refractivity contribution in [1.82, 2.24) is 4.67 Å². The molecule has 8 nitrogen and oxygen atoms in total. The summed E-state index contributed by atoms with van der Waals surface area (Å²) < 4.78 is 26.9. The van der Waals surface area contributed by atoms with E-state index in [-0.39, 0.29) is 10.7 Å². The summed E-state index contributed by atoms with van der Waals surface area (Å²) in [5, 5.41) is 8.10. The van der Waals surface area contributed by atoms with Gasteiger partial charge in [-0.05, 0) is 42.5 Å².